The number of benzene rings is 1. The monoisotopic (exact) mass is 376 g/mol. The summed E-state index contributed by atoms with van der Waals surface area (Å²) >= 11 is 0. The number of nitrogens with zero attached hydrogens (tertiary/aromatic N) is 2. The van der Waals surface area contributed by atoms with Gasteiger partial charge in [0, 0.05) is 31.4 Å². The first-order chi connectivity index (χ1) is 12.5. The van der Waals surface area contributed by atoms with E-state index < -0.39 is 15.9 Å². The minimum absolute atomic E-state index is 0.137. The smallest absolute Gasteiger partial charge is 0.235 e. The van der Waals surface area contributed by atoms with Crippen LogP contribution < -0.4 is 5.32 Å². The number of ketones is 1. The molecule has 0 bridgehead atoms. The molecule has 1 atom stereocenters. The van der Waals surface area contributed by atoms with Crippen LogP contribution >= 0.6 is 0 Å². The first-order valence-electron chi connectivity index (χ1n) is 8.28. The number of carbonyl (C=O) groups is 2. The molecule has 0 saturated carbocycles. The highest BCUT2D eigenvalue weighted by Gasteiger charge is 2.33. The lowest BCUT2D eigenvalue weighted by Gasteiger charge is -2.27. The van der Waals surface area contributed by atoms with Crippen molar-refractivity contribution in [1.82, 2.24) is 19.6 Å². The van der Waals surface area contributed by atoms with Gasteiger partial charge in [-0.05, 0) is 12.0 Å². The number of imidazole rings is 1. The van der Waals surface area contributed by atoms with Crippen molar-refractivity contribution in [2.24, 2.45) is 5.92 Å². The molecule has 1 aliphatic rings. The van der Waals surface area contributed by atoms with E-state index in [1.807, 2.05) is 30.3 Å². The van der Waals surface area contributed by atoms with Crippen molar-refractivity contribution in [2.75, 3.05) is 25.4 Å². The number of aromatic nitrogens is 2. The van der Waals surface area contributed by atoms with Crippen molar-refractivity contribution in [3.05, 3.63) is 54.1 Å². The van der Waals surface area contributed by atoms with Crippen LogP contribution in [-0.4, -0.2) is 59.8 Å². The van der Waals surface area contributed by atoms with E-state index in [4.69, 9.17) is 0 Å². The van der Waals surface area contributed by atoms with Crippen LogP contribution in [0.5, 0.6) is 0 Å². The minimum atomic E-state index is -3.76. The van der Waals surface area contributed by atoms with Crippen molar-refractivity contribution in [3.8, 4) is 0 Å². The van der Waals surface area contributed by atoms with E-state index in [0.29, 0.717) is 0 Å². The lowest BCUT2D eigenvalue weighted by Crippen LogP contribution is -2.51. The minimum Gasteiger partial charge on any atom is -0.354 e. The zero-order valence-electron chi connectivity index (χ0n) is 14.1. The predicted octanol–water partition coefficient (Wildman–Crippen LogP) is 0.213. The van der Waals surface area contributed by atoms with E-state index in [-0.39, 0.29) is 49.3 Å². The molecule has 0 aliphatic carbocycles. The molecule has 0 radical (unpaired) electrons. The zero-order valence-corrected chi connectivity index (χ0v) is 14.9. The lowest BCUT2D eigenvalue weighted by atomic mass is 9.96. The summed E-state index contributed by atoms with van der Waals surface area (Å²) in [6.45, 7) is 0.268. The molecular weight excluding hydrogens is 356 g/mol. The van der Waals surface area contributed by atoms with E-state index in [1.165, 1.54) is 12.4 Å². The number of aromatic amines is 1. The van der Waals surface area contributed by atoms with Gasteiger partial charge >= 0.3 is 0 Å². The highest BCUT2D eigenvalue weighted by Crippen LogP contribution is 2.18. The number of sulfonamides is 1. The number of carbonyl (C=O) groups excluding carboxylic acids is 2. The van der Waals surface area contributed by atoms with Crippen molar-refractivity contribution in [1.29, 1.82) is 0 Å². The molecule has 1 aromatic heterocycles. The molecule has 1 amide bonds. The maximum atomic E-state index is 12.8. The Bertz CT molecular complexity index is 865. The van der Waals surface area contributed by atoms with E-state index in [9.17, 15) is 18.0 Å². The lowest BCUT2D eigenvalue weighted by molar-refractivity contribution is -0.122. The molecule has 3 rings (SSSR count). The van der Waals surface area contributed by atoms with Gasteiger partial charge in [-0.25, -0.2) is 13.4 Å². The quantitative estimate of drug-likeness (QED) is 0.671. The average Bonchev–Trinajstić information content (AvgIpc) is 3.16. The largest absolute Gasteiger partial charge is 0.354 e. The standard InChI is InChI=1S/C17H20N4O4S/c22-15-11-21(9-8-18-15)26(24,25)12-14(10-13-4-2-1-3-5-13)16(23)17-19-6-7-20-17/h1-7,14H,8-12H2,(H,18,22)(H,19,20)/t14-/m1/s1. The predicted molar refractivity (Wildman–Crippen MR) is 94.9 cm³/mol. The van der Waals surface area contributed by atoms with E-state index in [1.54, 1.807) is 0 Å². The molecule has 1 aliphatic heterocycles. The number of piperazine rings is 1. The Hall–Kier alpha value is -2.52. The summed E-state index contributed by atoms with van der Waals surface area (Å²) in [4.78, 5) is 31.0. The maximum absolute atomic E-state index is 12.8. The first-order valence-corrected chi connectivity index (χ1v) is 9.88. The molecule has 2 aromatic rings. The molecule has 26 heavy (non-hydrogen) atoms. The highest BCUT2D eigenvalue weighted by molar-refractivity contribution is 7.89. The summed E-state index contributed by atoms with van der Waals surface area (Å²) in [6.07, 6.45) is 3.26. The number of nitrogens with one attached hydrogen (secondary N) is 2. The van der Waals surface area contributed by atoms with Gasteiger partial charge in [0.2, 0.25) is 21.7 Å². The van der Waals surface area contributed by atoms with Gasteiger partial charge in [-0.2, -0.15) is 4.31 Å². The summed E-state index contributed by atoms with van der Waals surface area (Å²) in [6, 6.07) is 9.24. The van der Waals surface area contributed by atoms with Crippen molar-refractivity contribution < 1.29 is 18.0 Å². The molecular formula is C17H20N4O4S. The van der Waals surface area contributed by atoms with Gasteiger partial charge in [-0.15, -0.1) is 0 Å². The Morgan fingerprint density at radius 1 is 1.27 bits per heavy atom. The van der Waals surface area contributed by atoms with Crippen LogP contribution in [0.15, 0.2) is 42.7 Å². The second-order valence-electron chi connectivity index (χ2n) is 6.15. The Balaban J connectivity index is 1.82. The van der Waals surface area contributed by atoms with Gasteiger partial charge in [0.1, 0.15) is 0 Å². The van der Waals surface area contributed by atoms with Crippen LogP contribution in [0.1, 0.15) is 16.2 Å². The van der Waals surface area contributed by atoms with Gasteiger partial charge in [0.05, 0.1) is 12.3 Å². The van der Waals surface area contributed by atoms with Gasteiger partial charge in [-0.3, -0.25) is 9.59 Å². The van der Waals surface area contributed by atoms with Gasteiger partial charge in [-0.1, -0.05) is 30.3 Å². The Kier molecular flexibility index (Phi) is 5.48. The number of rotatable bonds is 7. The third-order valence-corrected chi connectivity index (χ3v) is 6.16. The average molecular weight is 376 g/mol. The van der Waals surface area contributed by atoms with Gasteiger partial charge < -0.3 is 10.3 Å². The third kappa shape index (κ3) is 4.36. The summed E-state index contributed by atoms with van der Waals surface area (Å²) < 4.78 is 26.7. The van der Waals surface area contributed by atoms with Crippen LogP contribution in [0.3, 0.4) is 0 Å². The first kappa shape index (κ1) is 18.3. The molecule has 0 unspecified atom stereocenters. The summed E-state index contributed by atoms with van der Waals surface area (Å²) in [5, 5.41) is 2.60. The van der Waals surface area contributed by atoms with Gasteiger partial charge in [0.15, 0.2) is 5.82 Å². The molecule has 0 spiro atoms. The van der Waals surface area contributed by atoms with Crippen LogP contribution in [0.4, 0.5) is 0 Å². The van der Waals surface area contributed by atoms with Crippen molar-refractivity contribution in [3.63, 3.8) is 0 Å². The summed E-state index contributed by atoms with van der Waals surface area (Å²) in [5.41, 5.74) is 0.865. The Morgan fingerprint density at radius 2 is 2.04 bits per heavy atom. The topological polar surface area (TPSA) is 112 Å². The Labute approximate surface area is 151 Å². The molecule has 8 nitrogen and oxygen atoms in total. The molecule has 1 saturated heterocycles. The molecule has 138 valence electrons. The summed E-state index contributed by atoms with van der Waals surface area (Å²) in [5.74, 6) is -1.72. The Morgan fingerprint density at radius 3 is 2.69 bits per heavy atom. The molecule has 9 heteroatoms. The second-order valence-corrected chi connectivity index (χ2v) is 8.16. The molecule has 1 fully saturated rings. The van der Waals surface area contributed by atoms with E-state index in [2.05, 4.69) is 15.3 Å². The van der Waals surface area contributed by atoms with Crippen LogP contribution in [0, 0.1) is 5.92 Å². The van der Waals surface area contributed by atoms with Crippen LogP contribution in [-0.2, 0) is 21.2 Å². The number of amides is 1. The van der Waals surface area contributed by atoms with E-state index in [0.717, 1.165) is 9.87 Å². The normalized spacial score (nSPS) is 16.8. The van der Waals surface area contributed by atoms with Crippen LogP contribution in [0.25, 0.3) is 0 Å². The fourth-order valence-electron chi connectivity index (χ4n) is 2.93. The number of Topliss-reactive ketones (excluding diaryl/α,β-unsaturated/α-hetero) is 1. The highest BCUT2D eigenvalue weighted by atomic mass is 32.2. The van der Waals surface area contributed by atoms with Crippen molar-refractivity contribution in [2.45, 2.75) is 6.42 Å². The van der Waals surface area contributed by atoms with Crippen molar-refractivity contribution >= 4 is 21.7 Å². The second kappa shape index (κ2) is 7.79. The molecule has 2 N–H and O–H groups in total. The molecule has 2 heterocycles. The fourth-order valence-corrected chi connectivity index (χ4v) is 4.60. The zero-order chi connectivity index (χ0) is 18.6. The maximum Gasteiger partial charge on any atom is 0.235 e. The number of hydrogen-bond donors (Lipinski definition) is 2. The summed E-state index contributed by atoms with van der Waals surface area (Å²) in [7, 11) is -3.76. The number of hydrogen-bond acceptors (Lipinski definition) is 5. The van der Waals surface area contributed by atoms with Gasteiger partial charge in [0.25, 0.3) is 0 Å². The third-order valence-electron chi connectivity index (χ3n) is 4.24. The van der Waals surface area contributed by atoms with Crippen LogP contribution in [0.2, 0.25) is 0 Å². The van der Waals surface area contributed by atoms with E-state index >= 15 is 0 Å². The fraction of sp³-hybridized carbons (Fsp3) is 0.353. The molecule has 1 aromatic carbocycles. The SMILES string of the molecule is O=C1CN(S(=O)(=O)C[C@@H](Cc2ccccc2)C(=O)c2ncc[nH]2)CCN1. The number of H-pyrrole nitrogens is 1.